The van der Waals surface area contributed by atoms with Crippen molar-refractivity contribution in [3.05, 3.63) is 0 Å². The van der Waals surface area contributed by atoms with E-state index in [2.05, 4.69) is 0 Å². The molecule has 2 aliphatic heterocycles. The fraction of sp³-hybridized carbons (Fsp3) is 0.857. The second-order valence-corrected chi connectivity index (χ2v) is 6.51. The molecular weight excluding hydrogens is 230 g/mol. The summed E-state index contributed by atoms with van der Waals surface area (Å²) in [6, 6.07) is -0.0638. The van der Waals surface area contributed by atoms with Crippen LogP contribution >= 0.6 is 0 Å². The Morgan fingerprint density at radius 1 is 1.11 bits per heavy atom. The molecule has 2 bridgehead atoms. The van der Waals surface area contributed by atoms with Crippen molar-refractivity contribution in [2.24, 2.45) is 5.92 Å². The second kappa shape index (κ2) is 4.56. The van der Waals surface area contributed by atoms with Crippen molar-refractivity contribution in [3.63, 3.8) is 0 Å². The average Bonchev–Trinajstić information content (AvgIpc) is 2.26. The molecule has 18 heavy (non-hydrogen) atoms. The molecule has 4 heteroatoms. The molecule has 0 aromatic carbocycles. The summed E-state index contributed by atoms with van der Waals surface area (Å²) in [7, 11) is 0. The van der Waals surface area contributed by atoms with E-state index in [1.807, 2.05) is 20.8 Å². The van der Waals surface area contributed by atoms with E-state index in [-0.39, 0.29) is 24.0 Å². The Hall–Kier alpha value is -1.06. The third kappa shape index (κ3) is 2.52. The number of piperidine rings is 2. The van der Waals surface area contributed by atoms with Gasteiger partial charge in [-0.05, 0) is 59.3 Å². The molecule has 2 saturated heterocycles. The largest absolute Gasteiger partial charge is 0.444 e. The highest BCUT2D eigenvalue weighted by molar-refractivity contribution is 5.86. The number of hydrogen-bond acceptors (Lipinski definition) is 3. The quantitative estimate of drug-likeness (QED) is 0.722. The monoisotopic (exact) mass is 253 g/mol. The highest BCUT2D eigenvalue weighted by atomic mass is 16.6. The molecule has 102 valence electrons. The van der Waals surface area contributed by atoms with E-state index >= 15 is 0 Å². The maximum absolute atomic E-state index is 12.3. The summed E-state index contributed by atoms with van der Waals surface area (Å²) in [6.07, 6.45) is 3.82. The number of fused-ring (bicyclic) bond motifs is 3. The molecule has 3 rings (SSSR count). The Morgan fingerprint density at radius 2 is 1.67 bits per heavy atom. The van der Waals surface area contributed by atoms with E-state index in [4.69, 9.17) is 4.74 Å². The summed E-state index contributed by atoms with van der Waals surface area (Å²) in [5, 5.41) is 0. The molecule has 0 radical (unpaired) electrons. The van der Waals surface area contributed by atoms with E-state index in [9.17, 15) is 9.59 Å². The van der Waals surface area contributed by atoms with Crippen LogP contribution in [0.4, 0.5) is 4.79 Å². The summed E-state index contributed by atoms with van der Waals surface area (Å²) in [6.45, 7) is 7.16. The molecule has 2 heterocycles. The minimum atomic E-state index is -0.505. The second-order valence-electron chi connectivity index (χ2n) is 6.51. The van der Waals surface area contributed by atoms with Crippen LogP contribution in [0.3, 0.4) is 0 Å². The zero-order chi connectivity index (χ0) is 13.5. The molecule has 1 aliphatic carbocycles. The summed E-state index contributed by atoms with van der Waals surface area (Å²) in [4.78, 5) is 25.8. The molecule has 0 aromatic rings. The van der Waals surface area contributed by atoms with Crippen LogP contribution in [0.1, 0.15) is 53.4 Å². The number of Topliss-reactive ketones (excluding diaryl/α,β-unsaturated/α-hetero) is 1. The number of rotatable bonds is 1. The number of carbonyl (C=O) groups excluding carboxylic acids is 2. The minimum absolute atomic E-state index is 0.0928. The van der Waals surface area contributed by atoms with Gasteiger partial charge in [0.05, 0.1) is 6.04 Å². The van der Waals surface area contributed by atoms with Crippen molar-refractivity contribution in [1.82, 2.24) is 4.90 Å². The zero-order valence-corrected chi connectivity index (χ0v) is 11.7. The van der Waals surface area contributed by atoms with E-state index in [0.717, 1.165) is 25.7 Å². The Kier molecular flexibility index (Phi) is 3.39. The van der Waals surface area contributed by atoms with Gasteiger partial charge >= 0.3 is 6.09 Å². The molecule has 1 amide bonds. The van der Waals surface area contributed by atoms with Crippen LogP contribution in [-0.4, -0.2) is 34.5 Å². The number of hydrogen-bond donors (Lipinski definition) is 0. The first-order valence-electron chi connectivity index (χ1n) is 6.81. The van der Waals surface area contributed by atoms with Crippen LogP contribution in [0.5, 0.6) is 0 Å². The van der Waals surface area contributed by atoms with Gasteiger partial charge < -0.3 is 4.74 Å². The fourth-order valence-electron chi connectivity index (χ4n) is 3.25. The standard InChI is InChI=1S/C14H23NO3/c1-9(16)12-10-5-7-11(8-6-10)15(12)13(17)18-14(2,3)4/h10-12H,5-8H2,1-4H3/t10?,11?,12-/m1/s1. The minimum Gasteiger partial charge on any atom is -0.444 e. The summed E-state index contributed by atoms with van der Waals surface area (Å²) >= 11 is 0. The highest BCUT2D eigenvalue weighted by Gasteiger charge is 2.47. The highest BCUT2D eigenvalue weighted by Crippen LogP contribution is 2.40. The normalized spacial score (nSPS) is 31.3. The molecule has 1 saturated carbocycles. The van der Waals surface area contributed by atoms with Crippen LogP contribution in [0, 0.1) is 5.92 Å². The number of carbonyl (C=O) groups is 2. The topological polar surface area (TPSA) is 46.6 Å². The molecule has 0 N–H and O–H groups in total. The van der Waals surface area contributed by atoms with Crippen LogP contribution in [-0.2, 0) is 9.53 Å². The lowest BCUT2D eigenvalue weighted by Gasteiger charge is -2.50. The van der Waals surface area contributed by atoms with Gasteiger partial charge in [0.1, 0.15) is 5.60 Å². The van der Waals surface area contributed by atoms with Gasteiger partial charge in [-0.3, -0.25) is 9.69 Å². The lowest BCUT2D eigenvalue weighted by molar-refractivity contribution is -0.130. The molecular formula is C14H23NO3. The van der Waals surface area contributed by atoms with Crippen molar-refractivity contribution >= 4 is 11.9 Å². The van der Waals surface area contributed by atoms with E-state index in [1.54, 1.807) is 11.8 Å². The number of ether oxygens (including phenoxy) is 1. The van der Waals surface area contributed by atoms with Gasteiger partial charge in [-0.2, -0.15) is 0 Å². The van der Waals surface area contributed by atoms with Crippen LogP contribution in [0.15, 0.2) is 0 Å². The average molecular weight is 253 g/mol. The van der Waals surface area contributed by atoms with Crippen molar-refractivity contribution in [2.75, 3.05) is 0 Å². The zero-order valence-electron chi connectivity index (χ0n) is 11.7. The molecule has 0 unspecified atom stereocenters. The maximum atomic E-state index is 12.3. The van der Waals surface area contributed by atoms with Crippen molar-refractivity contribution in [1.29, 1.82) is 0 Å². The van der Waals surface area contributed by atoms with Crippen molar-refractivity contribution in [3.8, 4) is 0 Å². The van der Waals surface area contributed by atoms with Crippen molar-refractivity contribution in [2.45, 2.75) is 71.1 Å². The predicted molar refractivity (Wildman–Crippen MR) is 68.3 cm³/mol. The SMILES string of the molecule is CC(=O)[C@@H]1C2CCC(CC2)N1C(=O)OC(C)(C)C. The van der Waals surface area contributed by atoms with Gasteiger partial charge in [0.2, 0.25) is 0 Å². The van der Waals surface area contributed by atoms with Gasteiger partial charge in [0.15, 0.2) is 5.78 Å². The number of amides is 1. The Bertz CT molecular complexity index is 351. The number of ketones is 1. The lowest BCUT2D eigenvalue weighted by atomic mass is 9.73. The number of nitrogens with zero attached hydrogens (tertiary/aromatic N) is 1. The maximum Gasteiger partial charge on any atom is 0.411 e. The Morgan fingerprint density at radius 3 is 2.11 bits per heavy atom. The van der Waals surface area contributed by atoms with Crippen LogP contribution in [0.2, 0.25) is 0 Å². The van der Waals surface area contributed by atoms with Gasteiger partial charge in [-0.25, -0.2) is 4.79 Å². The van der Waals surface area contributed by atoms with Gasteiger partial charge in [0, 0.05) is 6.04 Å². The van der Waals surface area contributed by atoms with Crippen LogP contribution < -0.4 is 0 Å². The smallest absolute Gasteiger partial charge is 0.411 e. The summed E-state index contributed by atoms with van der Waals surface area (Å²) in [5.74, 6) is 0.426. The van der Waals surface area contributed by atoms with E-state index in [1.165, 1.54) is 0 Å². The fourth-order valence-corrected chi connectivity index (χ4v) is 3.25. The summed E-state index contributed by atoms with van der Waals surface area (Å²) < 4.78 is 5.44. The Balaban J connectivity index is 2.18. The first-order chi connectivity index (χ1) is 8.29. The van der Waals surface area contributed by atoms with Gasteiger partial charge in [0.25, 0.3) is 0 Å². The van der Waals surface area contributed by atoms with E-state index in [0.29, 0.717) is 5.92 Å². The molecule has 0 aromatic heterocycles. The van der Waals surface area contributed by atoms with Gasteiger partial charge in [-0.15, -0.1) is 0 Å². The summed E-state index contributed by atoms with van der Waals surface area (Å²) in [5.41, 5.74) is -0.505. The molecule has 3 aliphatic rings. The molecule has 0 spiro atoms. The third-order valence-corrected chi connectivity index (χ3v) is 3.90. The van der Waals surface area contributed by atoms with E-state index < -0.39 is 5.60 Å². The molecule has 4 nitrogen and oxygen atoms in total. The first-order valence-corrected chi connectivity index (χ1v) is 6.81. The van der Waals surface area contributed by atoms with Crippen molar-refractivity contribution < 1.29 is 14.3 Å². The lowest BCUT2D eigenvalue weighted by Crippen LogP contribution is -2.60. The molecule has 1 atom stereocenters. The van der Waals surface area contributed by atoms with Gasteiger partial charge in [-0.1, -0.05) is 0 Å². The molecule has 3 fully saturated rings. The predicted octanol–water partition coefficient (Wildman–Crippen LogP) is 2.75. The Labute approximate surface area is 109 Å². The van der Waals surface area contributed by atoms with Crippen LogP contribution in [0.25, 0.3) is 0 Å². The first kappa shape index (κ1) is 13.4. The third-order valence-electron chi connectivity index (χ3n) is 3.90.